The highest BCUT2D eigenvalue weighted by molar-refractivity contribution is 8.18. The molecule has 1 saturated heterocycles. The second kappa shape index (κ2) is 8.49. The molecule has 24 heavy (non-hydrogen) atoms. The Morgan fingerprint density at radius 2 is 1.96 bits per heavy atom. The van der Waals surface area contributed by atoms with Gasteiger partial charge in [-0.05, 0) is 29.3 Å². The SMILES string of the molecule is CC(C)CNC(=O)CN1C(=O)S/C(=C\C=C\c2ccccc2)C1=O. The summed E-state index contributed by atoms with van der Waals surface area (Å²) in [4.78, 5) is 37.3. The average Bonchev–Trinajstić information content (AvgIpc) is 2.82. The lowest BCUT2D eigenvalue weighted by Crippen LogP contribution is -2.40. The molecule has 1 heterocycles. The molecule has 1 N–H and O–H groups in total. The van der Waals surface area contributed by atoms with Crippen LogP contribution < -0.4 is 5.32 Å². The molecule has 0 radical (unpaired) electrons. The summed E-state index contributed by atoms with van der Waals surface area (Å²) in [6, 6.07) is 9.64. The Morgan fingerprint density at radius 1 is 1.25 bits per heavy atom. The molecule has 0 atom stereocenters. The van der Waals surface area contributed by atoms with Crippen LogP contribution in [0.1, 0.15) is 19.4 Å². The maximum Gasteiger partial charge on any atom is 0.294 e. The number of thioether (sulfide) groups is 1. The number of imide groups is 1. The Kier molecular flexibility index (Phi) is 6.37. The molecule has 0 bridgehead atoms. The number of nitrogens with zero attached hydrogens (tertiary/aromatic N) is 1. The summed E-state index contributed by atoms with van der Waals surface area (Å²) in [5, 5.41) is 2.28. The Morgan fingerprint density at radius 3 is 2.62 bits per heavy atom. The highest BCUT2D eigenvalue weighted by atomic mass is 32.2. The van der Waals surface area contributed by atoms with Crippen molar-refractivity contribution in [3.8, 4) is 0 Å². The van der Waals surface area contributed by atoms with Crippen LogP contribution in [0.3, 0.4) is 0 Å². The van der Waals surface area contributed by atoms with Crippen LogP contribution in [-0.2, 0) is 9.59 Å². The third-order valence-corrected chi connectivity index (χ3v) is 4.14. The number of amides is 3. The van der Waals surface area contributed by atoms with Crippen molar-refractivity contribution in [2.75, 3.05) is 13.1 Å². The first-order valence-corrected chi connectivity index (χ1v) is 8.53. The number of carbonyl (C=O) groups excluding carboxylic acids is 3. The first-order chi connectivity index (χ1) is 11.5. The first-order valence-electron chi connectivity index (χ1n) is 7.71. The number of rotatable bonds is 6. The zero-order chi connectivity index (χ0) is 17.5. The van der Waals surface area contributed by atoms with Crippen molar-refractivity contribution < 1.29 is 14.4 Å². The molecule has 0 saturated carbocycles. The topological polar surface area (TPSA) is 66.5 Å². The zero-order valence-electron chi connectivity index (χ0n) is 13.7. The Balaban J connectivity index is 1.96. The van der Waals surface area contributed by atoms with Crippen LogP contribution in [0, 0.1) is 5.92 Å². The standard InChI is InChI=1S/C18H20N2O3S/c1-13(2)11-19-16(21)12-20-17(22)15(24-18(20)23)10-6-9-14-7-4-3-5-8-14/h3-10,13H,11-12H2,1-2H3,(H,19,21)/b9-6+,15-10-. The van der Waals surface area contributed by atoms with Crippen molar-refractivity contribution in [2.45, 2.75) is 13.8 Å². The van der Waals surface area contributed by atoms with Gasteiger partial charge in [-0.15, -0.1) is 0 Å². The molecule has 1 aliphatic heterocycles. The van der Waals surface area contributed by atoms with Crippen LogP contribution in [-0.4, -0.2) is 35.0 Å². The van der Waals surface area contributed by atoms with Gasteiger partial charge in [0, 0.05) is 6.54 Å². The van der Waals surface area contributed by atoms with Gasteiger partial charge in [-0.1, -0.05) is 56.3 Å². The second-order valence-electron chi connectivity index (χ2n) is 5.76. The van der Waals surface area contributed by atoms with E-state index in [4.69, 9.17) is 0 Å². The molecule has 6 heteroatoms. The number of hydrogen-bond acceptors (Lipinski definition) is 4. The summed E-state index contributed by atoms with van der Waals surface area (Å²) >= 11 is 0.851. The quantitative estimate of drug-likeness (QED) is 0.806. The van der Waals surface area contributed by atoms with Crippen LogP contribution in [0.2, 0.25) is 0 Å². The summed E-state index contributed by atoms with van der Waals surface area (Å²) in [5.41, 5.74) is 1.00. The van der Waals surface area contributed by atoms with E-state index in [0.717, 1.165) is 22.2 Å². The van der Waals surface area contributed by atoms with Gasteiger partial charge in [0.05, 0.1) is 4.91 Å². The lowest BCUT2D eigenvalue weighted by atomic mass is 10.2. The lowest BCUT2D eigenvalue weighted by molar-refractivity contribution is -0.129. The predicted molar refractivity (Wildman–Crippen MR) is 96.1 cm³/mol. The molecule has 1 aromatic carbocycles. The first kappa shape index (κ1) is 18.0. The fourth-order valence-electron chi connectivity index (χ4n) is 1.98. The van der Waals surface area contributed by atoms with Crippen molar-refractivity contribution in [1.29, 1.82) is 0 Å². The minimum atomic E-state index is -0.428. The van der Waals surface area contributed by atoms with Crippen LogP contribution in [0.25, 0.3) is 6.08 Å². The van der Waals surface area contributed by atoms with Gasteiger partial charge in [-0.3, -0.25) is 19.3 Å². The van der Waals surface area contributed by atoms with Crippen LogP contribution in [0.4, 0.5) is 4.79 Å². The van der Waals surface area contributed by atoms with E-state index in [1.807, 2.05) is 50.3 Å². The molecule has 0 aliphatic carbocycles. The number of hydrogen-bond donors (Lipinski definition) is 1. The molecule has 0 spiro atoms. The van der Waals surface area contributed by atoms with Gasteiger partial charge in [0.15, 0.2) is 0 Å². The lowest BCUT2D eigenvalue weighted by Gasteiger charge is -2.13. The highest BCUT2D eigenvalue weighted by Gasteiger charge is 2.35. The van der Waals surface area contributed by atoms with E-state index in [9.17, 15) is 14.4 Å². The highest BCUT2D eigenvalue weighted by Crippen LogP contribution is 2.30. The van der Waals surface area contributed by atoms with Crippen molar-refractivity contribution in [1.82, 2.24) is 10.2 Å². The minimum absolute atomic E-state index is 0.239. The molecule has 0 aromatic heterocycles. The third-order valence-electron chi connectivity index (χ3n) is 3.22. The van der Waals surface area contributed by atoms with Gasteiger partial charge in [-0.2, -0.15) is 0 Å². The molecule has 1 aliphatic rings. The van der Waals surface area contributed by atoms with Crippen LogP contribution in [0.15, 0.2) is 47.4 Å². The van der Waals surface area contributed by atoms with E-state index >= 15 is 0 Å². The van der Waals surface area contributed by atoms with E-state index in [-0.39, 0.29) is 12.5 Å². The number of carbonyl (C=O) groups is 3. The van der Waals surface area contributed by atoms with Crippen molar-refractivity contribution >= 4 is 34.9 Å². The largest absolute Gasteiger partial charge is 0.354 e. The van der Waals surface area contributed by atoms with Gasteiger partial charge >= 0.3 is 0 Å². The monoisotopic (exact) mass is 344 g/mol. The fraction of sp³-hybridized carbons (Fsp3) is 0.278. The summed E-state index contributed by atoms with van der Waals surface area (Å²) in [5.74, 6) is -0.443. The molecule has 0 unspecified atom stereocenters. The van der Waals surface area contributed by atoms with Crippen LogP contribution in [0.5, 0.6) is 0 Å². The van der Waals surface area contributed by atoms with E-state index in [1.54, 1.807) is 12.2 Å². The molecule has 5 nitrogen and oxygen atoms in total. The normalized spacial score (nSPS) is 16.6. The second-order valence-corrected chi connectivity index (χ2v) is 6.75. The predicted octanol–water partition coefficient (Wildman–Crippen LogP) is 3.05. The Bertz CT molecular complexity index is 681. The third kappa shape index (κ3) is 5.09. The van der Waals surface area contributed by atoms with E-state index in [1.165, 1.54) is 0 Å². The number of benzene rings is 1. The van der Waals surface area contributed by atoms with Crippen LogP contribution >= 0.6 is 11.8 Å². The van der Waals surface area contributed by atoms with Gasteiger partial charge in [-0.25, -0.2) is 0 Å². The van der Waals surface area contributed by atoms with Crippen molar-refractivity contribution in [3.63, 3.8) is 0 Å². The maximum atomic E-state index is 12.2. The van der Waals surface area contributed by atoms with Crippen molar-refractivity contribution in [3.05, 3.63) is 53.0 Å². The Labute approximate surface area is 145 Å². The number of nitrogens with one attached hydrogen (secondary N) is 1. The summed E-state index contributed by atoms with van der Waals surface area (Å²) in [6.07, 6.45) is 5.18. The van der Waals surface area contributed by atoms with E-state index in [0.29, 0.717) is 17.4 Å². The molecule has 1 aromatic rings. The molecule has 2 rings (SSSR count). The minimum Gasteiger partial charge on any atom is -0.354 e. The molecule has 1 fully saturated rings. The number of allylic oxidation sites excluding steroid dienone is 2. The van der Waals surface area contributed by atoms with E-state index in [2.05, 4.69) is 5.32 Å². The summed E-state index contributed by atoms with van der Waals surface area (Å²) in [7, 11) is 0. The smallest absolute Gasteiger partial charge is 0.294 e. The van der Waals surface area contributed by atoms with Gasteiger partial charge < -0.3 is 5.32 Å². The molecular weight excluding hydrogens is 324 g/mol. The Hall–Kier alpha value is -2.34. The maximum absolute atomic E-state index is 12.2. The summed E-state index contributed by atoms with van der Waals surface area (Å²) < 4.78 is 0. The van der Waals surface area contributed by atoms with Gasteiger partial charge in [0.1, 0.15) is 6.54 Å². The summed E-state index contributed by atoms with van der Waals surface area (Å²) in [6.45, 7) is 4.23. The molecular formula is C18H20N2O3S. The molecule has 3 amide bonds. The van der Waals surface area contributed by atoms with Gasteiger partial charge in [0.25, 0.3) is 11.1 Å². The van der Waals surface area contributed by atoms with Gasteiger partial charge in [0.2, 0.25) is 5.91 Å². The fourth-order valence-corrected chi connectivity index (χ4v) is 2.77. The average molecular weight is 344 g/mol. The van der Waals surface area contributed by atoms with Crippen molar-refractivity contribution in [2.24, 2.45) is 5.92 Å². The van der Waals surface area contributed by atoms with E-state index < -0.39 is 11.1 Å². The molecule has 126 valence electrons. The zero-order valence-corrected chi connectivity index (χ0v) is 14.5.